The van der Waals surface area contributed by atoms with Crippen molar-refractivity contribution in [1.82, 2.24) is 0 Å². The molecule has 0 spiro atoms. The van der Waals surface area contributed by atoms with Crippen LogP contribution in [0.5, 0.6) is 0 Å². The van der Waals surface area contributed by atoms with E-state index in [1.54, 1.807) is 0 Å². The van der Waals surface area contributed by atoms with Crippen molar-refractivity contribution in [3.63, 3.8) is 0 Å². The van der Waals surface area contributed by atoms with Gasteiger partial charge in [0.05, 0.1) is 5.92 Å². The molecular weight excluding hydrogens is 324 g/mol. The van der Waals surface area contributed by atoms with Crippen LogP contribution in [-0.4, -0.2) is 33.7 Å². The summed E-state index contributed by atoms with van der Waals surface area (Å²) >= 11 is 10.3. The predicted octanol–water partition coefficient (Wildman–Crippen LogP) is 2.45. The maximum atomic E-state index is 12.7. The van der Waals surface area contributed by atoms with E-state index in [1.807, 2.05) is 0 Å². The quantitative estimate of drug-likeness (QED) is 0.488. The molecule has 1 aliphatic carbocycles. The lowest BCUT2D eigenvalue weighted by molar-refractivity contribution is -0.168. The number of esters is 2. The third-order valence-corrected chi connectivity index (χ3v) is 4.37. The molecule has 1 rings (SSSR count). The van der Waals surface area contributed by atoms with E-state index in [0.29, 0.717) is 0 Å². The number of aliphatic hydroxyl groups is 1. The lowest BCUT2D eigenvalue weighted by atomic mass is 10.0. The Morgan fingerprint density at radius 3 is 2.10 bits per heavy atom. The van der Waals surface area contributed by atoms with Crippen LogP contribution in [0, 0.1) is 17.3 Å². The van der Waals surface area contributed by atoms with E-state index < -0.39 is 45.8 Å². The van der Waals surface area contributed by atoms with Crippen LogP contribution in [0.3, 0.4) is 0 Å². The van der Waals surface area contributed by atoms with Gasteiger partial charge in [0.15, 0.2) is 0 Å². The highest BCUT2D eigenvalue weighted by molar-refractivity contribution is 6.49. The number of hydrogen-bond acceptors (Lipinski definition) is 4. The lowest BCUT2D eigenvalue weighted by Gasteiger charge is -2.28. The van der Waals surface area contributed by atoms with Crippen molar-refractivity contribution in [2.45, 2.75) is 37.4 Å². The molecule has 1 saturated carbocycles. The van der Waals surface area contributed by atoms with Crippen molar-refractivity contribution in [2.75, 3.05) is 0 Å². The van der Waals surface area contributed by atoms with Gasteiger partial charge in [0, 0.05) is 12.8 Å². The maximum Gasteiger partial charge on any atom is 0.424 e. The fraction of sp³-hybridized carbons (Fsp3) is 0.818. The summed E-state index contributed by atoms with van der Waals surface area (Å²) in [4.78, 5) is 22.3. The molecule has 0 aliphatic heterocycles. The molecule has 0 heterocycles. The molecule has 20 heavy (non-hydrogen) atoms. The molecule has 1 fully saturated rings. The number of rotatable bonds is 3. The minimum absolute atomic E-state index is 0.884. The number of ether oxygens (including phenoxy) is 1. The molecule has 9 heteroatoms. The number of hydrogen-bond donors (Lipinski definition) is 1. The molecule has 0 amide bonds. The first-order chi connectivity index (χ1) is 8.74. The second kappa shape index (κ2) is 5.03. The van der Waals surface area contributed by atoms with Gasteiger partial charge in [-0.1, -0.05) is 37.0 Å². The van der Waals surface area contributed by atoms with Crippen molar-refractivity contribution in [1.29, 1.82) is 0 Å². The van der Waals surface area contributed by atoms with Crippen molar-refractivity contribution in [3.05, 3.63) is 0 Å². The zero-order valence-electron chi connectivity index (χ0n) is 10.8. The maximum absolute atomic E-state index is 12.7. The first-order valence-electron chi connectivity index (χ1n) is 5.59. The number of carbonyl (C=O) groups excluding carboxylic acids is 2. The van der Waals surface area contributed by atoms with Crippen LogP contribution >= 0.6 is 23.2 Å². The van der Waals surface area contributed by atoms with Gasteiger partial charge in [-0.3, -0.25) is 9.59 Å². The molecule has 1 unspecified atom stereocenters. The summed E-state index contributed by atoms with van der Waals surface area (Å²) in [5.74, 6) is -4.13. The molecule has 0 aromatic carbocycles. The van der Waals surface area contributed by atoms with Gasteiger partial charge in [0.1, 0.15) is 6.10 Å². The summed E-state index contributed by atoms with van der Waals surface area (Å²) in [5.41, 5.74) is -1.01. The molecule has 116 valence electrons. The van der Waals surface area contributed by atoms with Gasteiger partial charge in [-0.05, 0) is 5.41 Å². The summed E-state index contributed by atoms with van der Waals surface area (Å²) in [5, 5.41) is 9.76. The van der Waals surface area contributed by atoms with Crippen LogP contribution in [0.25, 0.3) is 0 Å². The van der Waals surface area contributed by atoms with Crippen LogP contribution in [0.4, 0.5) is 13.2 Å². The van der Waals surface area contributed by atoms with Gasteiger partial charge in [-0.2, -0.15) is 13.2 Å². The number of alkyl halides is 5. The molecule has 0 aromatic heterocycles. The molecule has 1 aliphatic rings. The SMILES string of the molecule is CC(=O)OC(=O)[C@@H]1[C@H](C(O)C(Cl)(Cl)C(F)(F)F)C1(C)C. The van der Waals surface area contributed by atoms with Crippen molar-refractivity contribution in [2.24, 2.45) is 17.3 Å². The highest BCUT2D eigenvalue weighted by Crippen LogP contribution is 2.64. The van der Waals surface area contributed by atoms with E-state index in [2.05, 4.69) is 4.74 Å². The third kappa shape index (κ3) is 2.89. The van der Waals surface area contributed by atoms with Crippen LogP contribution in [0.2, 0.25) is 0 Å². The van der Waals surface area contributed by atoms with E-state index >= 15 is 0 Å². The smallest absolute Gasteiger partial charge is 0.393 e. The van der Waals surface area contributed by atoms with Gasteiger partial charge in [0.25, 0.3) is 0 Å². The van der Waals surface area contributed by atoms with E-state index in [-0.39, 0.29) is 0 Å². The van der Waals surface area contributed by atoms with Crippen LogP contribution in [-0.2, 0) is 14.3 Å². The van der Waals surface area contributed by atoms with Crippen LogP contribution in [0.1, 0.15) is 20.8 Å². The second-order valence-electron chi connectivity index (χ2n) is 5.30. The fourth-order valence-corrected chi connectivity index (χ4v) is 2.59. The topological polar surface area (TPSA) is 63.6 Å². The summed E-state index contributed by atoms with van der Waals surface area (Å²) in [6.07, 6.45) is -7.28. The summed E-state index contributed by atoms with van der Waals surface area (Å²) in [7, 11) is 0. The molecule has 0 saturated heterocycles. The van der Waals surface area contributed by atoms with Crippen molar-refractivity contribution >= 4 is 35.1 Å². The Bertz CT molecular complexity index is 434. The molecular formula is C11H13Cl2F3O4. The van der Waals surface area contributed by atoms with Crippen LogP contribution in [0.15, 0.2) is 0 Å². The predicted molar refractivity (Wildman–Crippen MR) is 64.0 cm³/mol. The Labute approximate surface area is 123 Å². The normalized spacial score (nSPS) is 26.9. The fourth-order valence-electron chi connectivity index (χ4n) is 2.32. The van der Waals surface area contributed by atoms with Crippen molar-refractivity contribution in [3.8, 4) is 0 Å². The highest BCUT2D eigenvalue weighted by Gasteiger charge is 2.72. The monoisotopic (exact) mass is 336 g/mol. The third-order valence-electron chi connectivity index (χ3n) is 3.50. The number of halogens is 5. The Morgan fingerprint density at radius 2 is 1.75 bits per heavy atom. The molecule has 0 aromatic rings. The molecule has 0 bridgehead atoms. The van der Waals surface area contributed by atoms with E-state index in [9.17, 15) is 27.9 Å². The number of carbonyl (C=O) groups is 2. The minimum Gasteiger partial charge on any atom is -0.393 e. The van der Waals surface area contributed by atoms with E-state index in [0.717, 1.165) is 6.92 Å². The Balaban J connectivity index is 2.93. The zero-order valence-corrected chi connectivity index (χ0v) is 12.3. The number of aliphatic hydroxyl groups excluding tert-OH is 1. The van der Waals surface area contributed by atoms with E-state index in [4.69, 9.17) is 23.2 Å². The lowest BCUT2D eigenvalue weighted by Crippen LogP contribution is -2.47. The summed E-state index contributed by atoms with van der Waals surface area (Å²) in [6.45, 7) is 3.89. The molecule has 4 nitrogen and oxygen atoms in total. The van der Waals surface area contributed by atoms with Crippen LogP contribution < -0.4 is 0 Å². The average molecular weight is 337 g/mol. The average Bonchev–Trinajstić information content (AvgIpc) is 2.77. The largest absolute Gasteiger partial charge is 0.424 e. The van der Waals surface area contributed by atoms with Gasteiger partial charge in [0.2, 0.25) is 4.33 Å². The Kier molecular flexibility index (Phi) is 4.41. The minimum atomic E-state index is -5.07. The Morgan fingerprint density at radius 1 is 1.30 bits per heavy atom. The highest BCUT2D eigenvalue weighted by atomic mass is 35.5. The molecule has 1 N–H and O–H groups in total. The van der Waals surface area contributed by atoms with Gasteiger partial charge in [-0.15, -0.1) is 0 Å². The van der Waals surface area contributed by atoms with Gasteiger partial charge >= 0.3 is 18.1 Å². The summed E-state index contributed by atoms with van der Waals surface area (Å²) in [6, 6.07) is 0. The second-order valence-corrected chi connectivity index (χ2v) is 6.69. The Hall–Kier alpha value is -0.530. The first kappa shape index (κ1) is 17.5. The van der Waals surface area contributed by atoms with E-state index in [1.165, 1.54) is 13.8 Å². The molecule has 3 atom stereocenters. The first-order valence-corrected chi connectivity index (χ1v) is 6.35. The molecule has 0 radical (unpaired) electrons. The van der Waals surface area contributed by atoms with Gasteiger partial charge < -0.3 is 9.84 Å². The zero-order chi connectivity index (χ0) is 16.1. The van der Waals surface area contributed by atoms with Gasteiger partial charge in [-0.25, -0.2) is 0 Å². The standard InChI is InChI=1S/C11H13Cl2F3O4/c1-4(17)20-8(19)6-5(9(6,2)3)7(18)10(12,13)11(14,15)16/h5-7,18H,1-3H3/t5-,6+,7?/m1/s1. The summed E-state index contributed by atoms with van der Waals surface area (Å²) < 4.78 is 38.9. The van der Waals surface area contributed by atoms with Crippen molar-refractivity contribution < 1.29 is 32.6 Å².